The molecule has 3 saturated heterocycles. The Balaban J connectivity index is 1.40. The molecule has 162 valence electrons. The van der Waals surface area contributed by atoms with Crippen molar-refractivity contribution >= 4 is 5.97 Å². The Bertz CT molecular complexity index is 664. The summed E-state index contributed by atoms with van der Waals surface area (Å²) >= 11 is 0. The number of hydrogen-bond acceptors (Lipinski definition) is 7. The summed E-state index contributed by atoms with van der Waals surface area (Å²) in [4.78, 5) is 12.1. The SMILES string of the molecule is C=C(C)C(=O)OC[C@@]12O[C@@H]3COC4(CCCCC4)O[C@H]3[C@@H]1OC1(CCCCC1)O2. The smallest absolute Gasteiger partial charge is 0.333 e. The molecule has 0 unspecified atom stereocenters. The molecule has 0 N–H and O–H groups in total. The second-order valence-electron chi connectivity index (χ2n) is 9.30. The third-order valence-electron chi connectivity index (χ3n) is 6.99. The van der Waals surface area contributed by atoms with Gasteiger partial charge >= 0.3 is 5.97 Å². The van der Waals surface area contributed by atoms with E-state index in [9.17, 15) is 4.79 Å². The normalized spacial score (nSPS) is 39.8. The van der Waals surface area contributed by atoms with Gasteiger partial charge in [-0.1, -0.05) is 19.4 Å². The fourth-order valence-corrected chi connectivity index (χ4v) is 5.53. The highest BCUT2D eigenvalue weighted by Crippen LogP contribution is 2.54. The van der Waals surface area contributed by atoms with Gasteiger partial charge in [0.25, 0.3) is 0 Å². The zero-order chi connectivity index (χ0) is 20.1. The van der Waals surface area contributed by atoms with Crippen molar-refractivity contribution in [3.8, 4) is 0 Å². The summed E-state index contributed by atoms with van der Waals surface area (Å²) in [7, 11) is 0. The Morgan fingerprint density at radius 2 is 1.62 bits per heavy atom. The zero-order valence-electron chi connectivity index (χ0n) is 17.3. The minimum Gasteiger partial charge on any atom is -0.456 e. The maximum atomic E-state index is 12.1. The van der Waals surface area contributed by atoms with Crippen LogP contribution in [-0.2, 0) is 33.2 Å². The first-order valence-electron chi connectivity index (χ1n) is 11.2. The van der Waals surface area contributed by atoms with E-state index in [0.717, 1.165) is 51.4 Å². The monoisotopic (exact) mass is 408 g/mol. The molecule has 2 saturated carbocycles. The van der Waals surface area contributed by atoms with Gasteiger partial charge in [0.1, 0.15) is 24.9 Å². The van der Waals surface area contributed by atoms with Gasteiger partial charge in [-0.15, -0.1) is 0 Å². The van der Waals surface area contributed by atoms with Crippen LogP contribution in [0.4, 0.5) is 0 Å². The van der Waals surface area contributed by atoms with Gasteiger partial charge in [-0.05, 0) is 32.6 Å². The van der Waals surface area contributed by atoms with Crippen molar-refractivity contribution in [3.05, 3.63) is 12.2 Å². The Labute approximate surface area is 172 Å². The summed E-state index contributed by atoms with van der Waals surface area (Å²) in [5.41, 5.74) is 0.348. The fourth-order valence-electron chi connectivity index (χ4n) is 5.53. The second kappa shape index (κ2) is 7.31. The van der Waals surface area contributed by atoms with Crippen molar-refractivity contribution in [2.75, 3.05) is 13.2 Å². The first-order valence-corrected chi connectivity index (χ1v) is 11.2. The number of hydrogen-bond donors (Lipinski definition) is 0. The lowest BCUT2D eigenvalue weighted by Gasteiger charge is -2.45. The average molecular weight is 408 g/mol. The van der Waals surface area contributed by atoms with E-state index in [1.165, 1.54) is 12.8 Å². The quantitative estimate of drug-likeness (QED) is 0.524. The number of ether oxygens (including phenoxy) is 6. The van der Waals surface area contributed by atoms with Crippen LogP contribution in [0.1, 0.15) is 71.1 Å². The van der Waals surface area contributed by atoms with Crippen LogP contribution in [0.15, 0.2) is 12.2 Å². The summed E-state index contributed by atoms with van der Waals surface area (Å²) in [6.07, 6.45) is 9.12. The molecule has 3 heterocycles. The predicted octanol–water partition coefficient (Wildman–Crippen LogP) is 3.35. The summed E-state index contributed by atoms with van der Waals surface area (Å²) in [6, 6.07) is 0. The first-order chi connectivity index (χ1) is 14.0. The lowest BCUT2D eigenvalue weighted by molar-refractivity contribution is -0.353. The molecule has 2 aliphatic carbocycles. The minimum absolute atomic E-state index is 0.0333. The van der Waals surface area contributed by atoms with Crippen molar-refractivity contribution < 1.29 is 33.2 Å². The van der Waals surface area contributed by atoms with Gasteiger partial charge in [0.05, 0.1) is 6.61 Å². The number of carbonyl (C=O) groups is 1. The van der Waals surface area contributed by atoms with Crippen LogP contribution in [0.5, 0.6) is 0 Å². The van der Waals surface area contributed by atoms with E-state index in [0.29, 0.717) is 12.2 Å². The van der Waals surface area contributed by atoms with E-state index in [1.807, 2.05) is 0 Å². The predicted molar refractivity (Wildman–Crippen MR) is 102 cm³/mol. The van der Waals surface area contributed by atoms with Gasteiger partial charge in [0.2, 0.25) is 5.79 Å². The Hall–Kier alpha value is -0.990. The van der Waals surface area contributed by atoms with Crippen LogP contribution in [-0.4, -0.2) is 54.9 Å². The van der Waals surface area contributed by atoms with Crippen LogP contribution in [0.3, 0.4) is 0 Å². The van der Waals surface area contributed by atoms with Crippen LogP contribution in [0, 0.1) is 0 Å². The highest BCUT2D eigenvalue weighted by atomic mass is 16.9. The molecule has 5 rings (SSSR count). The van der Waals surface area contributed by atoms with Crippen molar-refractivity contribution in [2.45, 2.75) is 107 Å². The molecule has 0 aromatic carbocycles. The lowest BCUT2D eigenvalue weighted by Crippen LogP contribution is -2.54. The van der Waals surface area contributed by atoms with E-state index in [-0.39, 0.29) is 18.8 Å². The highest BCUT2D eigenvalue weighted by Gasteiger charge is 2.70. The van der Waals surface area contributed by atoms with E-state index in [2.05, 4.69) is 6.58 Å². The van der Waals surface area contributed by atoms with Crippen molar-refractivity contribution in [1.82, 2.24) is 0 Å². The van der Waals surface area contributed by atoms with Crippen molar-refractivity contribution in [3.63, 3.8) is 0 Å². The number of esters is 1. The number of carbonyl (C=O) groups excluding carboxylic acids is 1. The van der Waals surface area contributed by atoms with Gasteiger partial charge in [0.15, 0.2) is 11.6 Å². The summed E-state index contributed by atoms with van der Waals surface area (Å²) < 4.78 is 37.7. The molecule has 3 aliphatic heterocycles. The molecule has 5 fully saturated rings. The molecule has 0 bridgehead atoms. The van der Waals surface area contributed by atoms with Crippen molar-refractivity contribution in [2.24, 2.45) is 0 Å². The number of fused-ring (bicyclic) bond motifs is 3. The van der Waals surface area contributed by atoms with Crippen LogP contribution in [0.25, 0.3) is 0 Å². The third-order valence-corrected chi connectivity index (χ3v) is 6.99. The molecule has 5 aliphatic rings. The van der Waals surface area contributed by atoms with E-state index >= 15 is 0 Å². The van der Waals surface area contributed by atoms with E-state index < -0.39 is 29.4 Å². The number of rotatable bonds is 3. The van der Waals surface area contributed by atoms with Crippen LogP contribution < -0.4 is 0 Å². The van der Waals surface area contributed by atoms with Crippen molar-refractivity contribution in [1.29, 1.82) is 0 Å². The molecule has 7 heteroatoms. The summed E-state index contributed by atoms with van der Waals surface area (Å²) in [5, 5.41) is 0. The third kappa shape index (κ3) is 3.45. The molecule has 0 aromatic heterocycles. The van der Waals surface area contributed by atoms with Gasteiger partial charge in [-0.2, -0.15) is 0 Å². The van der Waals surface area contributed by atoms with E-state index in [1.54, 1.807) is 6.92 Å². The molecule has 0 aromatic rings. The minimum atomic E-state index is -1.15. The molecule has 0 radical (unpaired) electrons. The standard InChI is InChI=1S/C22H32O7/c1-15(2)19(23)24-14-22-18(28-21(29-22)11-7-4-8-12-21)17-16(26-22)13-25-20(27-17)9-5-3-6-10-20/h16-18H,1,3-14H2,2H3/t16-,17-,18+,22+/m1/s1. The average Bonchev–Trinajstić information content (AvgIpc) is 3.16. The Morgan fingerprint density at radius 1 is 0.966 bits per heavy atom. The Morgan fingerprint density at radius 3 is 2.28 bits per heavy atom. The molecular formula is C22H32O7. The van der Waals surface area contributed by atoms with Gasteiger partial charge in [-0.25, -0.2) is 4.79 Å². The molecular weight excluding hydrogens is 376 g/mol. The maximum Gasteiger partial charge on any atom is 0.333 e. The molecule has 2 spiro atoms. The van der Waals surface area contributed by atoms with Gasteiger partial charge in [0, 0.05) is 31.3 Å². The first kappa shape index (κ1) is 19.9. The largest absolute Gasteiger partial charge is 0.456 e. The molecule has 7 nitrogen and oxygen atoms in total. The maximum absolute atomic E-state index is 12.1. The summed E-state index contributed by atoms with van der Waals surface area (Å²) in [6.45, 7) is 5.70. The van der Waals surface area contributed by atoms with Crippen LogP contribution >= 0.6 is 0 Å². The van der Waals surface area contributed by atoms with Gasteiger partial charge < -0.3 is 28.4 Å². The van der Waals surface area contributed by atoms with Crippen LogP contribution in [0.2, 0.25) is 0 Å². The second-order valence-corrected chi connectivity index (χ2v) is 9.30. The van der Waals surface area contributed by atoms with Gasteiger partial charge in [-0.3, -0.25) is 0 Å². The zero-order valence-corrected chi connectivity index (χ0v) is 17.3. The molecule has 0 amide bonds. The topological polar surface area (TPSA) is 72.5 Å². The van der Waals surface area contributed by atoms with E-state index in [4.69, 9.17) is 28.4 Å². The highest BCUT2D eigenvalue weighted by molar-refractivity contribution is 5.86. The fraction of sp³-hybridized carbons (Fsp3) is 0.864. The molecule has 29 heavy (non-hydrogen) atoms. The summed E-state index contributed by atoms with van der Waals surface area (Å²) in [5.74, 6) is -2.82. The Kier molecular flexibility index (Phi) is 5.02. The molecule has 4 atom stereocenters. The lowest BCUT2D eigenvalue weighted by atomic mass is 9.92.